The van der Waals surface area contributed by atoms with Crippen molar-refractivity contribution in [1.29, 1.82) is 0 Å². The zero-order valence-corrected chi connectivity index (χ0v) is 14.9. The van der Waals surface area contributed by atoms with E-state index in [9.17, 15) is 9.59 Å². The van der Waals surface area contributed by atoms with Crippen molar-refractivity contribution in [1.82, 2.24) is 14.8 Å². The smallest absolute Gasteiger partial charge is 0.270 e. The molecule has 0 atom stereocenters. The van der Waals surface area contributed by atoms with Gasteiger partial charge in [0.05, 0.1) is 6.61 Å². The van der Waals surface area contributed by atoms with Crippen molar-refractivity contribution < 1.29 is 14.3 Å². The fourth-order valence-electron chi connectivity index (χ4n) is 3.09. The average molecular weight is 355 g/mol. The summed E-state index contributed by atoms with van der Waals surface area (Å²) in [4.78, 5) is 31.5. The predicted molar refractivity (Wildman–Crippen MR) is 99.1 cm³/mol. The fourth-order valence-corrected chi connectivity index (χ4v) is 3.09. The normalized spacial score (nSPS) is 14.8. The van der Waals surface area contributed by atoms with E-state index >= 15 is 0 Å². The Bertz CT molecular complexity index is 700. The molecular weight excluding hydrogens is 330 g/mol. The molecule has 2 amide bonds. The molecule has 138 valence electrons. The molecule has 6 nitrogen and oxygen atoms in total. The molecule has 0 aliphatic carbocycles. The van der Waals surface area contributed by atoms with Crippen LogP contribution in [0.15, 0.2) is 48.7 Å². The third kappa shape index (κ3) is 4.88. The Kier molecular flexibility index (Phi) is 6.30. The van der Waals surface area contributed by atoms with Gasteiger partial charge in [0.15, 0.2) is 0 Å². The Labute approximate surface area is 153 Å². The SMILES string of the molecule is O=C(CCCOc1ccccc1)N1CCCN(C(=O)c2ccc[nH]2)CC1. The van der Waals surface area contributed by atoms with Gasteiger partial charge in [0.25, 0.3) is 5.91 Å². The van der Waals surface area contributed by atoms with Crippen molar-refractivity contribution in [3.8, 4) is 5.75 Å². The minimum absolute atomic E-state index is 0.000519. The molecule has 0 spiro atoms. The van der Waals surface area contributed by atoms with Crippen molar-refractivity contribution >= 4 is 11.8 Å². The first-order valence-corrected chi connectivity index (χ1v) is 9.12. The lowest BCUT2D eigenvalue weighted by atomic mass is 10.2. The zero-order valence-electron chi connectivity index (χ0n) is 14.9. The van der Waals surface area contributed by atoms with Crippen LogP contribution < -0.4 is 4.74 Å². The quantitative estimate of drug-likeness (QED) is 0.810. The number of H-pyrrole nitrogens is 1. The summed E-state index contributed by atoms with van der Waals surface area (Å²) in [5.41, 5.74) is 0.600. The second-order valence-corrected chi connectivity index (χ2v) is 6.38. The molecule has 1 aromatic carbocycles. The van der Waals surface area contributed by atoms with E-state index in [4.69, 9.17) is 4.74 Å². The predicted octanol–water partition coefficient (Wildman–Crippen LogP) is 2.55. The summed E-state index contributed by atoms with van der Waals surface area (Å²) in [5, 5.41) is 0. The van der Waals surface area contributed by atoms with Crippen LogP contribution in [0.2, 0.25) is 0 Å². The van der Waals surface area contributed by atoms with Crippen LogP contribution in [0.25, 0.3) is 0 Å². The third-order valence-corrected chi connectivity index (χ3v) is 4.51. The first kappa shape index (κ1) is 18.0. The summed E-state index contributed by atoms with van der Waals surface area (Å²) >= 11 is 0. The topological polar surface area (TPSA) is 65.6 Å². The standard InChI is InChI=1S/C20H25N3O3/c24-19(10-5-16-26-17-7-2-1-3-8-17)22-12-6-13-23(15-14-22)20(25)18-9-4-11-21-18/h1-4,7-9,11,21H,5-6,10,12-16H2. The molecule has 1 fully saturated rings. The van der Waals surface area contributed by atoms with E-state index < -0.39 is 0 Å². The third-order valence-electron chi connectivity index (χ3n) is 4.51. The summed E-state index contributed by atoms with van der Waals surface area (Å²) in [7, 11) is 0. The summed E-state index contributed by atoms with van der Waals surface area (Å²) in [6.07, 6.45) is 3.71. The molecule has 0 bridgehead atoms. The number of carbonyl (C=O) groups excluding carboxylic acids is 2. The van der Waals surface area contributed by atoms with Crippen LogP contribution in [0.3, 0.4) is 0 Å². The molecule has 1 saturated heterocycles. The van der Waals surface area contributed by atoms with Crippen molar-refractivity contribution in [2.45, 2.75) is 19.3 Å². The molecule has 6 heteroatoms. The van der Waals surface area contributed by atoms with Crippen LogP contribution in [-0.4, -0.2) is 59.4 Å². The number of hydrogen-bond acceptors (Lipinski definition) is 3. The Balaban J connectivity index is 1.40. The largest absolute Gasteiger partial charge is 0.494 e. The molecule has 1 aliphatic heterocycles. The lowest BCUT2D eigenvalue weighted by Crippen LogP contribution is -2.37. The van der Waals surface area contributed by atoms with Crippen molar-refractivity contribution in [3.63, 3.8) is 0 Å². The average Bonchev–Trinajstić information content (AvgIpc) is 3.10. The molecule has 0 saturated carbocycles. The monoisotopic (exact) mass is 355 g/mol. The molecule has 1 aromatic heterocycles. The van der Waals surface area contributed by atoms with Gasteiger partial charge in [0, 0.05) is 38.8 Å². The number of para-hydroxylation sites is 1. The van der Waals surface area contributed by atoms with Crippen molar-refractivity contribution in [2.75, 3.05) is 32.8 Å². The number of amides is 2. The Hall–Kier alpha value is -2.76. The maximum Gasteiger partial charge on any atom is 0.270 e. The number of benzene rings is 1. The van der Waals surface area contributed by atoms with E-state index in [1.807, 2.05) is 46.2 Å². The lowest BCUT2D eigenvalue weighted by Gasteiger charge is -2.22. The van der Waals surface area contributed by atoms with E-state index in [0.29, 0.717) is 51.3 Å². The van der Waals surface area contributed by atoms with E-state index in [2.05, 4.69) is 4.98 Å². The minimum atomic E-state index is 0.000519. The number of aromatic amines is 1. The zero-order chi connectivity index (χ0) is 18.2. The fraction of sp³-hybridized carbons (Fsp3) is 0.400. The number of hydrogen-bond donors (Lipinski definition) is 1. The minimum Gasteiger partial charge on any atom is -0.494 e. The summed E-state index contributed by atoms with van der Waals surface area (Å²) < 4.78 is 5.63. The second kappa shape index (κ2) is 9.08. The number of rotatable bonds is 6. The molecule has 0 radical (unpaired) electrons. The van der Waals surface area contributed by atoms with Gasteiger partial charge in [0.2, 0.25) is 5.91 Å². The van der Waals surface area contributed by atoms with Crippen molar-refractivity contribution in [3.05, 3.63) is 54.4 Å². The first-order valence-electron chi connectivity index (χ1n) is 9.12. The molecule has 26 heavy (non-hydrogen) atoms. The molecular formula is C20H25N3O3. The van der Waals surface area contributed by atoms with Crippen LogP contribution in [-0.2, 0) is 4.79 Å². The Morgan fingerprint density at radius 3 is 2.50 bits per heavy atom. The van der Waals surface area contributed by atoms with Crippen LogP contribution in [0, 0.1) is 0 Å². The number of nitrogens with one attached hydrogen (secondary N) is 1. The van der Waals surface area contributed by atoms with Gasteiger partial charge in [-0.1, -0.05) is 18.2 Å². The number of ether oxygens (including phenoxy) is 1. The summed E-state index contributed by atoms with van der Waals surface area (Å²) in [5.74, 6) is 0.963. The van der Waals surface area contributed by atoms with Gasteiger partial charge in [-0.25, -0.2) is 0 Å². The van der Waals surface area contributed by atoms with E-state index in [-0.39, 0.29) is 11.8 Å². The van der Waals surface area contributed by atoms with Gasteiger partial charge in [-0.05, 0) is 37.1 Å². The maximum absolute atomic E-state index is 12.4. The maximum atomic E-state index is 12.4. The van der Waals surface area contributed by atoms with Gasteiger partial charge in [0.1, 0.15) is 11.4 Å². The molecule has 1 N–H and O–H groups in total. The molecule has 2 heterocycles. The lowest BCUT2D eigenvalue weighted by molar-refractivity contribution is -0.131. The molecule has 1 aliphatic rings. The Morgan fingerprint density at radius 1 is 0.962 bits per heavy atom. The van der Waals surface area contributed by atoms with E-state index in [1.165, 1.54) is 0 Å². The van der Waals surface area contributed by atoms with Crippen LogP contribution >= 0.6 is 0 Å². The van der Waals surface area contributed by atoms with Gasteiger partial charge in [-0.2, -0.15) is 0 Å². The highest BCUT2D eigenvalue weighted by Gasteiger charge is 2.22. The molecule has 3 rings (SSSR count). The first-order chi connectivity index (χ1) is 12.7. The molecule has 0 unspecified atom stereocenters. The van der Waals surface area contributed by atoms with Crippen LogP contribution in [0.1, 0.15) is 29.8 Å². The highest BCUT2D eigenvalue weighted by Crippen LogP contribution is 2.11. The van der Waals surface area contributed by atoms with E-state index in [1.54, 1.807) is 12.3 Å². The molecule has 2 aromatic rings. The number of aromatic nitrogens is 1. The van der Waals surface area contributed by atoms with Gasteiger partial charge in [-0.3, -0.25) is 9.59 Å². The van der Waals surface area contributed by atoms with Crippen LogP contribution in [0.4, 0.5) is 0 Å². The summed E-state index contributed by atoms with van der Waals surface area (Å²) in [6, 6.07) is 13.2. The highest BCUT2D eigenvalue weighted by atomic mass is 16.5. The summed E-state index contributed by atoms with van der Waals surface area (Å²) in [6.45, 7) is 3.07. The second-order valence-electron chi connectivity index (χ2n) is 6.38. The van der Waals surface area contributed by atoms with E-state index in [0.717, 1.165) is 12.2 Å². The van der Waals surface area contributed by atoms with Gasteiger partial charge >= 0.3 is 0 Å². The number of nitrogens with zero attached hydrogens (tertiary/aromatic N) is 2. The van der Waals surface area contributed by atoms with Gasteiger partial charge in [-0.15, -0.1) is 0 Å². The number of carbonyl (C=O) groups is 2. The van der Waals surface area contributed by atoms with Gasteiger partial charge < -0.3 is 19.5 Å². The Morgan fingerprint density at radius 2 is 1.73 bits per heavy atom. The highest BCUT2D eigenvalue weighted by molar-refractivity contribution is 5.92. The van der Waals surface area contributed by atoms with Crippen LogP contribution in [0.5, 0.6) is 5.75 Å². The van der Waals surface area contributed by atoms with Crippen molar-refractivity contribution in [2.24, 2.45) is 0 Å².